The van der Waals surface area contributed by atoms with E-state index < -0.39 is 54.9 Å². The molecule has 0 radical (unpaired) electrons. The summed E-state index contributed by atoms with van der Waals surface area (Å²) in [5.41, 5.74) is -3.09. The summed E-state index contributed by atoms with van der Waals surface area (Å²) in [6.45, 7) is 2.38. The number of aromatic nitrogens is 3. The van der Waals surface area contributed by atoms with Gasteiger partial charge in [0.1, 0.15) is 0 Å². The fraction of sp³-hybridized carbons (Fsp3) is 0.364. The molecular formula is C11H13N3O7. The standard InChI is InChI=1S/C11H13N3O7/c1-2-12-9(19)13(5-3-7(15)16)11(21)14(10(12)20)6-4-8(17)18/h2H,1,3-6H2,(H,15,16)(H,17,18). The molecule has 0 aliphatic rings. The summed E-state index contributed by atoms with van der Waals surface area (Å²) in [5, 5.41) is 17.2. The zero-order chi connectivity index (χ0) is 16.2. The van der Waals surface area contributed by atoms with Crippen LogP contribution in [0.5, 0.6) is 0 Å². The molecule has 1 rings (SSSR count). The third-order valence-electron chi connectivity index (χ3n) is 2.62. The summed E-state index contributed by atoms with van der Waals surface area (Å²) in [7, 11) is 0. The number of hydrogen-bond donors (Lipinski definition) is 2. The molecule has 0 fully saturated rings. The van der Waals surface area contributed by atoms with Gasteiger partial charge in [0.25, 0.3) is 0 Å². The van der Waals surface area contributed by atoms with Crippen molar-refractivity contribution in [2.75, 3.05) is 0 Å². The fourth-order valence-corrected chi connectivity index (χ4v) is 1.60. The van der Waals surface area contributed by atoms with E-state index in [-0.39, 0.29) is 0 Å². The van der Waals surface area contributed by atoms with Gasteiger partial charge in [0.05, 0.1) is 12.8 Å². The maximum atomic E-state index is 12.0. The smallest absolute Gasteiger partial charge is 0.340 e. The van der Waals surface area contributed by atoms with E-state index in [1.165, 1.54) is 0 Å². The molecule has 0 spiro atoms. The van der Waals surface area contributed by atoms with Crippen molar-refractivity contribution in [2.24, 2.45) is 0 Å². The average Bonchev–Trinajstić information content (AvgIpc) is 2.38. The third kappa shape index (κ3) is 3.55. The highest BCUT2D eigenvalue weighted by molar-refractivity contribution is 5.66. The van der Waals surface area contributed by atoms with Crippen molar-refractivity contribution in [1.82, 2.24) is 13.7 Å². The molecule has 0 atom stereocenters. The second-order valence-corrected chi connectivity index (χ2v) is 3.99. The summed E-state index contributed by atoms with van der Waals surface area (Å²) >= 11 is 0. The molecule has 2 N–H and O–H groups in total. The van der Waals surface area contributed by atoms with Crippen molar-refractivity contribution < 1.29 is 19.8 Å². The summed E-state index contributed by atoms with van der Waals surface area (Å²) < 4.78 is 1.63. The van der Waals surface area contributed by atoms with Gasteiger partial charge in [-0.1, -0.05) is 6.58 Å². The predicted molar refractivity (Wildman–Crippen MR) is 70.1 cm³/mol. The quantitative estimate of drug-likeness (QED) is 0.606. The molecule has 0 unspecified atom stereocenters. The Morgan fingerprint density at radius 2 is 1.29 bits per heavy atom. The van der Waals surface area contributed by atoms with Crippen LogP contribution in [0.15, 0.2) is 21.0 Å². The van der Waals surface area contributed by atoms with Crippen LogP contribution in [-0.2, 0) is 22.7 Å². The molecule has 10 heteroatoms. The minimum absolute atomic E-state index is 0.436. The number of carboxylic acid groups (broad SMARTS) is 2. The Bertz CT molecular complexity index is 696. The monoisotopic (exact) mass is 299 g/mol. The van der Waals surface area contributed by atoms with Crippen LogP contribution in [0.4, 0.5) is 0 Å². The minimum Gasteiger partial charge on any atom is -0.481 e. The molecule has 0 saturated carbocycles. The van der Waals surface area contributed by atoms with Crippen LogP contribution in [0.25, 0.3) is 6.20 Å². The van der Waals surface area contributed by atoms with Gasteiger partial charge in [-0.2, -0.15) is 0 Å². The van der Waals surface area contributed by atoms with Crippen molar-refractivity contribution in [3.8, 4) is 0 Å². The topological polar surface area (TPSA) is 141 Å². The molecule has 10 nitrogen and oxygen atoms in total. The second kappa shape index (κ2) is 6.50. The van der Waals surface area contributed by atoms with Gasteiger partial charge in [0, 0.05) is 19.3 Å². The van der Waals surface area contributed by atoms with Crippen LogP contribution >= 0.6 is 0 Å². The first kappa shape index (κ1) is 16.1. The lowest BCUT2D eigenvalue weighted by Gasteiger charge is -2.10. The second-order valence-electron chi connectivity index (χ2n) is 3.99. The SMILES string of the molecule is C=Cn1c(=O)n(CCC(=O)O)c(=O)n(CCC(=O)O)c1=O. The van der Waals surface area contributed by atoms with Crippen LogP contribution in [0, 0.1) is 0 Å². The molecule has 1 aromatic rings. The Balaban J connectivity index is 3.47. The van der Waals surface area contributed by atoms with E-state index in [2.05, 4.69) is 6.58 Å². The number of hydrogen-bond acceptors (Lipinski definition) is 5. The van der Waals surface area contributed by atoms with Crippen LogP contribution in [0.1, 0.15) is 12.8 Å². The van der Waals surface area contributed by atoms with Crippen molar-refractivity contribution in [2.45, 2.75) is 25.9 Å². The third-order valence-corrected chi connectivity index (χ3v) is 2.62. The first-order chi connectivity index (χ1) is 9.79. The molecule has 0 saturated heterocycles. The van der Waals surface area contributed by atoms with Crippen LogP contribution in [0.3, 0.4) is 0 Å². The lowest BCUT2D eigenvalue weighted by Crippen LogP contribution is -2.53. The van der Waals surface area contributed by atoms with Gasteiger partial charge in [0.2, 0.25) is 0 Å². The van der Waals surface area contributed by atoms with E-state index in [0.29, 0.717) is 13.7 Å². The number of nitrogens with zero attached hydrogens (tertiary/aromatic N) is 3. The molecule has 0 aromatic carbocycles. The van der Waals surface area contributed by atoms with Crippen LogP contribution < -0.4 is 17.1 Å². The van der Waals surface area contributed by atoms with Crippen molar-refractivity contribution in [1.29, 1.82) is 0 Å². The van der Waals surface area contributed by atoms with Gasteiger partial charge in [-0.25, -0.2) is 28.1 Å². The Hall–Kier alpha value is -2.91. The van der Waals surface area contributed by atoms with Gasteiger partial charge in [-0.3, -0.25) is 9.59 Å². The Morgan fingerprint density at radius 1 is 0.905 bits per heavy atom. The zero-order valence-corrected chi connectivity index (χ0v) is 10.9. The molecule has 114 valence electrons. The minimum atomic E-state index is -1.23. The highest BCUT2D eigenvalue weighted by atomic mass is 16.4. The number of aliphatic carboxylic acids is 2. The normalized spacial score (nSPS) is 10.3. The van der Waals surface area contributed by atoms with E-state index in [4.69, 9.17) is 10.2 Å². The van der Waals surface area contributed by atoms with Gasteiger partial charge in [0.15, 0.2) is 0 Å². The molecule has 0 amide bonds. The molecule has 0 bridgehead atoms. The lowest BCUT2D eigenvalue weighted by atomic mass is 10.4. The van der Waals surface area contributed by atoms with Crippen LogP contribution in [0.2, 0.25) is 0 Å². The average molecular weight is 299 g/mol. The van der Waals surface area contributed by atoms with Gasteiger partial charge < -0.3 is 10.2 Å². The first-order valence-electron chi connectivity index (χ1n) is 5.82. The van der Waals surface area contributed by atoms with E-state index in [0.717, 1.165) is 6.20 Å². The summed E-state index contributed by atoms with van der Waals surface area (Å²) in [6, 6.07) is 0. The van der Waals surface area contributed by atoms with Crippen molar-refractivity contribution in [3.05, 3.63) is 38.0 Å². The molecule has 0 aliphatic carbocycles. The maximum Gasteiger partial charge on any atom is 0.340 e. The van der Waals surface area contributed by atoms with Gasteiger partial charge >= 0.3 is 29.0 Å². The summed E-state index contributed by atoms with van der Waals surface area (Å²) in [6.07, 6.45) is -0.120. The lowest BCUT2D eigenvalue weighted by molar-refractivity contribution is -0.138. The Kier molecular flexibility index (Phi) is 5.00. The van der Waals surface area contributed by atoms with E-state index in [1.54, 1.807) is 0 Å². The van der Waals surface area contributed by atoms with Gasteiger partial charge in [-0.15, -0.1) is 0 Å². The highest BCUT2D eigenvalue weighted by Gasteiger charge is 2.15. The number of rotatable bonds is 7. The first-order valence-corrected chi connectivity index (χ1v) is 5.82. The van der Waals surface area contributed by atoms with E-state index in [9.17, 15) is 24.0 Å². The molecule has 1 aromatic heterocycles. The number of carbonyl (C=O) groups is 2. The maximum absolute atomic E-state index is 12.0. The fourth-order valence-electron chi connectivity index (χ4n) is 1.60. The Morgan fingerprint density at radius 3 is 1.57 bits per heavy atom. The molecule has 1 heterocycles. The summed E-state index contributed by atoms with van der Waals surface area (Å²) in [5.74, 6) is -2.45. The molecular weight excluding hydrogens is 286 g/mol. The molecule has 21 heavy (non-hydrogen) atoms. The zero-order valence-electron chi connectivity index (χ0n) is 10.9. The largest absolute Gasteiger partial charge is 0.481 e. The Labute approximate surface area is 116 Å². The van der Waals surface area contributed by atoms with E-state index >= 15 is 0 Å². The van der Waals surface area contributed by atoms with E-state index in [1.807, 2.05) is 0 Å². The van der Waals surface area contributed by atoms with Crippen molar-refractivity contribution in [3.63, 3.8) is 0 Å². The predicted octanol–water partition coefficient (Wildman–Crippen LogP) is -1.78. The van der Waals surface area contributed by atoms with Crippen molar-refractivity contribution >= 4 is 18.1 Å². The highest BCUT2D eigenvalue weighted by Crippen LogP contribution is 1.86. The number of carboxylic acids is 2. The van der Waals surface area contributed by atoms with Crippen LogP contribution in [-0.4, -0.2) is 35.9 Å². The van der Waals surface area contributed by atoms with Gasteiger partial charge in [-0.05, 0) is 0 Å². The summed E-state index contributed by atoms with van der Waals surface area (Å²) in [4.78, 5) is 56.8. The molecule has 0 aliphatic heterocycles.